The van der Waals surface area contributed by atoms with Crippen molar-refractivity contribution in [3.8, 4) is 0 Å². The average Bonchev–Trinajstić information content (AvgIpc) is 2.66. The largest absolute Gasteiger partial charge is 0.354 e. The van der Waals surface area contributed by atoms with Gasteiger partial charge in [-0.3, -0.25) is 9.59 Å². The Bertz CT molecular complexity index is 983. The maximum Gasteiger partial charge on any atom is 0.246 e. The topological polar surface area (TPSA) is 82.3 Å². The van der Waals surface area contributed by atoms with Crippen LogP contribution < -0.4 is 21.3 Å². The van der Waals surface area contributed by atoms with E-state index < -0.39 is 29.3 Å². The lowest BCUT2D eigenvalue weighted by molar-refractivity contribution is -0.149. The normalized spacial score (nSPS) is 23.1. The summed E-state index contributed by atoms with van der Waals surface area (Å²) in [5, 5.41) is 11.9. The monoisotopic (exact) mass is 552 g/mol. The molecule has 2 fully saturated rings. The van der Waals surface area contributed by atoms with Crippen LogP contribution in [0.15, 0.2) is 57.5 Å². The number of thiocarbonyl (C=S) groups is 2. The Morgan fingerprint density at radius 3 is 1.62 bits per heavy atom. The number of halogens is 2. The number of rotatable bonds is 2. The second-order valence-electron chi connectivity index (χ2n) is 6.70. The lowest BCUT2D eigenvalue weighted by atomic mass is 9.66. The number of hydrogen-bond acceptors (Lipinski definition) is 4. The van der Waals surface area contributed by atoms with E-state index in [0.29, 0.717) is 5.11 Å². The zero-order valence-corrected chi connectivity index (χ0v) is 19.5. The Balaban J connectivity index is 1.96. The third-order valence-electron chi connectivity index (χ3n) is 5.03. The van der Waals surface area contributed by atoms with E-state index in [1.165, 1.54) is 0 Å². The van der Waals surface area contributed by atoms with E-state index in [4.69, 9.17) is 24.4 Å². The number of benzene rings is 2. The molecule has 0 radical (unpaired) electrons. The highest BCUT2D eigenvalue weighted by Crippen LogP contribution is 2.48. The fourth-order valence-corrected chi connectivity index (χ4v) is 5.09. The molecule has 2 aliphatic rings. The quantitative estimate of drug-likeness (QED) is 0.338. The molecule has 2 aromatic rings. The molecular weight excluding hydrogens is 540 g/mol. The maximum absolute atomic E-state index is 13.4. The molecule has 2 aromatic carbocycles. The van der Waals surface area contributed by atoms with Crippen LogP contribution in [-0.4, -0.2) is 22.0 Å². The van der Waals surface area contributed by atoms with E-state index in [1.807, 2.05) is 48.5 Å². The van der Waals surface area contributed by atoms with Crippen molar-refractivity contribution in [2.75, 3.05) is 0 Å². The van der Waals surface area contributed by atoms with Crippen LogP contribution in [0.4, 0.5) is 0 Å². The van der Waals surface area contributed by atoms with Gasteiger partial charge in [0.05, 0.1) is 12.1 Å². The molecule has 0 saturated carbocycles. The Kier molecular flexibility index (Phi) is 5.45. The van der Waals surface area contributed by atoms with Gasteiger partial charge in [0.25, 0.3) is 0 Å². The van der Waals surface area contributed by atoms with Crippen LogP contribution in [0.5, 0.6) is 0 Å². The molecule has 10 heteroatoms. The molecule has 0 aliphatic carbocycles. The van der Waals surface area contributed by atoms with Crippen molar-refractivity contribution in [1.29, 1.82) is 0 Å². The van der Waals surface area contributed by atoms with Gasteiger partial charge < -0.3 is 21.3 Å². The molecule has 2 amide bonds. The minimum absolute atomic E-state index is 0.0141. The summed E-state index contributed by atoms with van der Waals surface area (Å²) < 4.78 is 1.64. The van der Waals surface area contributed by atoms with Crippen LogP contribution in [0, 0.1) is 5.41 Å². The number of amides is 2. The zero-order valence-electron chi connectivity index (χ0n) is 14.7. The molecule has 1 spiro atoms. The molecule has 4 N–H and O–H groups in total. The summed E-state index contributed by atoms with van der Waals surface area (Å²) in [6.45, 7) is 0. The van der Waals surface area contributed by atoms with Crippen LogP contribution >= 0.6 is 56.3 Å². The molecule has 0 bridgehead atoms. The van der Waals surface area contributed by atoms with Gasteiger partial charge in [0.2, 0.25) is 11.8 Å². The van der Waals surface area contributed by atoms with E-state index in [9.17, 15) is 9.59 Å². The minimum atomic E-state index is -1.58. The molecular formula is C19H14Br2N4O2S2. The second kappa shape index (κ2) is 7.75. The molecule has 148 valence electrons. The van der Waals surface area contributed by atoms with Crippen molar-refractivity contribution in [2.24, 2.45) is 5.41 Å². The van der Waals surface area contributed by atoms with Gasteiger partial charge in [-0.2, -0.15) is 0 Å². The smallest absolute Gasteiger partial charge is 0.246 e. The third kappa shape index (κ3) is 3.48. The fourth-order valence-electron chi connectivity index (χ4n) is 3.83. The number of nitrogens with one attached hydrogen (secondary N) is 4. The summed E-state index contributed by atoms with van der Waals surface area (Å²) in [4.78, 5) is 26.9. The van der Waals surface area contributed by atoms with Gasteiger partial charge in [-0.25, -0.2) is 0 Å². The molecule has 6 nitrogen and oxygen atoms in total. The Labute approximate surface area is 194 Å². The maximum atomic E-state index is 13.4. The first kappa shape index (κ1) is 20.4. The molecule has 2 heterocycles. The van der Waals surface area contributed by atoms with Crippen LogP contribution in [-0.2, 0) is 9.59 Å². The highest BCUT2D eigenvalue weighted by molar-refractivity contribution is 9.10. The number of hydrogen-bond donors (Lipinski definition) is 4. The van der Waals surface area contributed by atoms with E-state index in [0.717, 1.165) is 20.1 Å². The van der Waals surface area contributed by atoms with Crippen LogP contribution in [0.1, 0.15) is 23.2 Å². The van der Waals surface area contributed by atoms with Crippen LogP contribution in [0.25, 0.3) is 0 Å². The Morgan fingerprint density at radius 1 is 0.759 bits per heavy atom. The van der Waals surface area contributed by atoms with Gasteiger partial charge in [-0.1, -0.05) is 56.1 Å². The van der Waals surface area contributed by atoms with E-state index in [2.05, 4.69) is 53.1 Å². The predicted molar refractivity (Wildman–Crippen MR) is 124 cm³/mol. The zero-order chi connectivity index (χ0) is 20.8. The minimum Gasteiger partial charge on any atom is -0.354 e. The molecule has 2 unspecified atom stereocenters. The van der Waals surface area contributed by atoms with Gasteiger partial charge in [-0.05, 0) is 59.8 Å². The number of carbonyl (C=O) groups is 2. The highest BCUT2D eigenvalue weighted by atomic mass is 79.9. The van der Waals surface area contributed by atoms with E-state index >= 15 is 0 Å². The van der Waals surface area contributed by atoms with Gasteiger partial charge in [0.1, 0.15) is 0 Å². The van der Waals surface area contributed by atoms with Crippen LogP contribution in [0.2, 0.25) is 0 Å². The summed E-state index contributed by atoms with van der Waals surface area (Å²) in [6.07, 6.45) is 0. The van der Waals surface area contributed by atoms with Crippen molar-refractivity contribution in [2.45, 2.75) is 12.1 Å². The Morgan fingerprint density at radius 2 is 1.21 bits per heavy atom. The lowest BCUT2D eigenvalue weighted by Crippen LogP contribution is -2.73. The molecule has 4 rings (SSSR count). The second-order valence-corrected chi connectivity index (χ2v) is 9.35. The fraction of sp³-hybridized carbons (Fsp3) is 0.158. The molecule has 0 aromatic heterocycles. The predicted octanol–water partition coefficient (Wildman–Crippen LogP) is 2.99. The van der Waals surface area contributed by atoms with E-state index in [1.54, 1.807) is 0 Å². The van der Waals surface area contributed by atoms with Crippen molar-refractivity contribution < 1.29 is 9.59 Å². The van der Waals surface area contributed by atoms with Crippen LogP contribution in [0.3, 0.4) is 0 Å². The summed E-state index contributed by atoms with van der Waals surface area (Å²) >= 11 is 17.4. The first-order valence-corrected chi connectivity index (χ1v) is 11.0. The number of carbonyl (C=O) groups excluding carboxylic acids is 2. The lowest BCUT2D eigenvalue weighted by Gasteiger charge is -2.50. The summed E-state index contributed by atoms with van der Waals surface area (Å²) in [6, 6.07) is 13.4. The van der Waals surface area contributed by atoms with Crippen molar-refractivity contribution >= 4 is 78.3 Å². The standard InChI is InChI=1S/C19H14Br2N4O2S2/c20-11-5-1-3-9(7-11)13-19(15(26)24-18(29)25-16(19)27)14(23-17(28)22-13)10-4-2-6-12(21)8-10/h1-8,13-14H,(H2,22,23,28)(H2,24,25,26,27,29). The third-order valence-corrected chi connectivity index (χ3v) is 6.46. The first-order chi connectivity index (χ1) is 13.8. The summed E-state index contributed by atoms with van der Waals surface area (Å²) in [5.74, 6) is -0.993. The van der Waals surface area contributed by atoms with Crippen molar-refractivity contribution in [3.05, 3.63) is 68.6 Å². The van der Waals surface area contributed by atoms with Crippen molar-refractivity contribution in [3.63, 3.8) is 0 Å². The molecule has 2 aliphatic heterocycles. The highest BCUT2D eigenvalue weighted by Gasteiger charge is 2.63. The van der Waals surface area contributed by atoms with E-state index in [-0.39, 0.29) is 5.11 Å². The first-order valence-electron chi connectivity index (χ1n) is 8.57. The van der Waals surface area contributed by atoms with Gasteiger partial charge >= 0.3 is 0 Å². The Hall–Kier alpha value is -1.88. The summed E-state index contributed by atoms with van der Waals surface area (Å²) in [5.41, 5.74) is -0.102. The summed E-state index contributed by atoms with van der Waals surface area (Å²) in [7, 11) is 0. The average molecular weight is 554 g/mol. The van der Waals surface area contributed by atoms with Crippen molar-refractivity contribution in [1.82, 2.24) is 21.3 Å². The molecule has 2 atom stereocenters. The van der Waals surface area contributed by atoms with Gasteiger partial charge in [-0.15, -0.1) is 0 Å². The molecule has 2 saturated heterocycles. The SMILES string of the molecule is O=C1NC(=S)NC(=O)C12C(c1cccc(Br)c1)NC(=S)NC2c1cccc(Br)c1. The molecule has 29 heavy (non-hydrogen) atoms. The van der Waals surface area contributed by atoms with Gasteiger partial charge in [0.15, 0.2) is 15.6 Å². The van der Waals surface area contributed by atoms with Gasteiger partial charge in [0, 0.05) is 8.95 Å².